The predicted octanol–water partition coefficient (Wildman–Crippen LogP) is 10.6. The first-order valence-electron chi connectivity index (χ1n) is 13.8. The van der Waals surface area contributed by atoms with Crippen molar-refractivity contribution in [2.45, 2.75) is 0 Å². The van der Waals surface area contributed by atoms with Crippen molar-refractivity contribution in [3.05, 3.63) is 156 Å². The molecule has 0 saturated heterocycles. The van der Waals surface area contributed by atoms with Crippen LogP contribution in [-0.2, 0) is 0 Å². The van der Waals surface area contributed by atoms with Gasteiger partial charge in [0.2, 0.25) is 5.69 Å². The summed E-state index contributed by atoms with van der Waals surface area (Å²) in [4.78, 5) is 8.05. The fourth-order valence-electron chi connectivity index (χ4n) is 6.49. The van der Waals surface area contributed by atoms with E-state index in [9.17, 15) is 0 Å². The van der Waals surface area contributed by atoms with Gasteiger partial charge in [0, 0.05) is 32.8 Å². The lowest BCUT2D eigenvalue weighted by Gasteiger charge is -2.21. The van der Waals surface area contributed by atoms with Crippen LogP contribution in [0.5, 0.6) is 0 Å². The van der Waals surface area contributed by atoms with Crippen molar-refractivity contribution in [2.24, 2.45) is 0 Å². The van der Waals surface area contributed by atoms with Crippen molar-refractivity contribution >= 4 is 55.0 Å². The average molecular weight is 535 g/mol. The molecule has 0 N–H and O–H groups in total. The van der Waals surface area contributed by atoms with E-state index in [-0.39, 0.29) is 0 Å². The van der Waals surface area contributed by atoms with Crippen molar-refractivity contribution in [1.82, 2.24) is 9.13 Å². The Morgan fingerprint density at radius 1 is 0.405 bits per heavy atom. The molecule has 4 nitrogen and oxygen atoms in total. The quantitative estimate of drug-likeness (QED) is 0.201. The molecule has 2 aromatic heterocycles. The first kappa shape index (κ1) is 23.8. The molecule has 42 heavy (non-hydrogen) atoms. The van der Waals surface area contributed by atoms with Gasteiger partial charge in [-0.25, -0.2) is 9.69 Å². The van der Waals surface area contributed by atoms with Crippen LogP contribution in [0.3, 0.4) is 0 Å². The molecule has 0 aliphatic heterocycles. The molecule has 4 heteroatoms. The van der Waals surface area contributed by atoms with Crippen molar-refractivity contribution in [3.8, 4) is 22.5 Å². The molecular weight excluding hydrogens is 512 g/mol. The molecule has 2 heterocycles. The molecule has 6 aromatic carbocycles. The molecule has 0 saturated carbocycles. The summed E-state index contributed by atoms with van der Waals surface area (Å²) in [5.41, 5.74) is 8.60. The predicted molar refractivity (Wildman–Crippen MR) is 173 cm³/mol. The van der Waals surface area contributed by atoms with Crippen LogP contribution in [0.15, 0.2) is 133 Å². The molecule has 0 atom stereocenters. The molecule has 0 aliphatic rings. The van der Waals surface area contributed by atoms with Crippen LogP contribution in [0.25, 0.3) is 75.8 Å². The van der Waals surface area contributed by atoms with Crippen molar-refractivity contribution in [2.75, 3.05) is 0 Å². The fourth-order valence-corrected chi connectivity index (χ4v) is 6.49. The molecule has 0 fully saturated rings. The molecule has 0 unspecified atom stereocenters. The van der Waals surface area contributed by atoms with Gasteiger partial charge in [-0.05, 0) is 35.9 Å². The lowest BCUT2D eigenvalue weighted by Crippen LogP contribution is -2.02. The summed E-state index contributed by atoms with van der Waals surface area (Å²) in [6, 6.07) is 45.2. The van der Waals surface area contributed by atoms with Gasteiger partial charge in [-0.1, -0.05) is 103 Å². The maximum Gasteiger partial charge on any atom is 0.211 e. The summed E-state index contributed by atoms with van der Waals surface area (Å²) in [5, 5.41) is 4.56. The smallest absolute Gasteiger partial charge is 0.211 e. The van der Waals surface area contributed by atoms with Gasteiger partial charge in [0.15, 0.2) is 5.69 Å². The zero-order chi connectivity index (χ0) is 28.2. The maximum absolute atomic E-state index is 8.24. The minimum absolute atomic E-state index is 0.534. The van der Waals surface area contributed by atoms with Crippen LogP contribution in [0, 0.1) is 13.1 Å². The van der Waals surface area contributed by atoms with Gasteiger partial charge in [0.05, 0.1) is 40.9 Å². The average Bonchev–Trinajstić information content (AvgIpc) is 3.57. The van der Waals surface area contributed by atoms with E-state index in [4.69, 9.17) is 13.1 Å². The summed E-state index contributed by atoms with van der Waals surface area (Å²) in [6.07, 6.45) is 0. The highest BCUT2D eigenvalue weighted by Gasteiger charge is 2.23. The molecule has 0 aliphatic carbocycles. The zero-order valence-corrected chi connectivity index (χ0v) is 22.5. The summed E-state index contributed by atoms with van der Waals surface area (Å²) in [5.74, 6) is 0. The van der Waals surface area contributed by atoms with Crippen LogP contribution in [0.4, 0.5) is 11.4 Å². The van der Waals surface area contributed by atoms with Gasteiger partial charge >= 0.3 is 0 Å². The number of fused-ring (bicyclic) bond motifs is 6. The zero-order valence-electron chi connectivity index (χ0n) is 22.5. The second-order valence-electron chi connectivity index (χ2n) is 10.3. The molecule has 194 valence electrons. The van der Waals surface area contributed by atoms with Crippen LogP contribution in [0.1, 0.15) is 0 Å². The third-order valence-electron chi connectivity index (χ3n) is 8.17. The third kappa shape index (κ3) is 3.27. The summed E-state index contributed by atoms with van der Waals surface area (Å²) < 4.78 is 4.46. The van der Waals surface area contributed by atoms with Gasteiger partial charge in [-0.2, -0.15) is 0 Å². The van der Waals surface area contributed by atoms with Crippen LogP contribution in [0.2, 0.25) is 0 Å². The first-order chi connectivity index (χ1) is 20.8. The van der Waals surface area contributed by atoms with Crippen molar-refractivity contribution in [3.63, 3.8) is 0 Å². The lowest BCUT2D eigenvalue weighted by atomic mass is 9.97. The van der Waals surface area contributed by atoms with Gasteiger partial charge in [0.25, 0.3) is 0 Å². The summed E-state index contributed by atoms with van der Waals surface area (Å²) in [7, 11) is 0. The van der Waals surface area contributed by atoms with E-state index in [2.05, 4.69) is 116 Å². The molecule has 0 amide bonds. The Labute approximate surface area is 242 Å². The molecule has 0 bridgehead atoms. The Hall–Kier alpha value is -6.10. The van der Waals surface area contributed by atoms with E-state index in [1.807, 2.05) is 36.4 Å². The van der Waals surface area contributed by atoms with Gasteiger partial charge in [0.1, 0.15) is 0 Å². The summed E-state index contributed by atoms with van der Waals surface area (Å²) >= 11 is 0. The molecule has 8 aromatic rings. The van der Waals surface area contributed by atoms with E-state index in [0.29, 0.717) is 11.4 Å². The highest BCUT2D eigenvalue weighted by atomic mass is 15.0. The number of para-hydroxylation sites is 5. The number of benzene rings is 6. The number of nitrogens with zero attached hydrogens (tertiary/aromatic N) is 4. The van der Waals surface area contributed by atoms with Crippen LogP contribution < -0.4 is 0 Å². The molecular formula is C38H22N4. The second kappa shape index (κ2) is 9.24. The van der Waals surface area contributed by atoms with Gasteiger partial charge < -0.3 is 9.13 Å². The minimum Gasteiger partial charge on any atom is -0.318 e. The Bertz CT molecular complexity index is 2340. The lowest BCUT2D eigenvalue weighted by molar-refractivity contribution is 1.16. The van der Waals surface area contributed by atoms with E-state index < -0.39 is 0 Å². The number of hydrogen-bond donors (Lipinski definition) is 0. The Morgan fingerprint density at radius 3 is 1.33 bits per heavy atom. The van der Waals surface area contributed by atoms with E-state index in [1.165, 1.54) is 0 Å². The highest BCUT2D eigenvalue weighted by Crippen LogP contribution is 2.46. The molecule has 8 rings (SSSR count). The van der Waals surface area contributed by atoms with Crippen LogP contribution >= 0.6 is 0 Å². The normalized spacial score (nSPS) is 11.3. The topological polar surface area (TPSA) is 18.6 Å². The standard InChI is InChI=1S/C38H22N4/c1-39-30-18-12-24-36(41-32-20-7-3-13-25(32)26-14-4-8-21-33(26)41)37(30)29-17-11-19-31(40-2)38(29)42-34-22-9-5-15-27(34)28-16-6-10-23-35(28)42/h3-24H. The fraction of sp³-hybridized carbons (Fsp3) is 0. The Morgan fingerprint density at radius 2 is 0.833 bits per heavy atom. The van der Waals surface area contributed by atoms with Crippen LogP contribution in [-0.4, -0.2) is 9.13 Å². The SMILES string of the molecule is [C-]#[N+]c1cccc(-n2c3ccccc3c3ccccc32)c1-c1cccc([N+]#[C-])c1-n1c2ccccc2c2ccccc21. The largest absolute Gasteiger partial charge is 0.318 e. The van der Waals surface area contributed by atoms with E-state index in [0.717, 1.165) is 66.1 Å². The van der Waals surface area contributed by atoms with Gasteiger partial charge in [-0.3, -0.25) is 0 Å². The molecule has 0 spiro atoms. The number of aromatic nitrogens is 2. The van der Waals surface area contributed by atoms with Crippen molar-refractivity contribution in [1.29, 1.82) is 0 Å². The minimum atomic E-state index is 0.534. The Kier molecular flexibility index (Phi) is 5.22. The summed E-state index contributed by atoms with van der Waals surface area (Å²) in [6.45, 7) is 16.5. The molecule has 0 radical (unpaired) electrons. The monoisotopic (exact) mass is 534 g/mol. The number of rotatable bonds is 3. The van der Waals surface area contributed by atoms with E-state index in [1.54, 1.807) is 0 Å². The van der Waals surface area contributed by atoms with Crippen molar-refractivity contribution < 1.29 is 0 Å². The number of hydrogen-bond acceptors (Lipinski definition) is 0. The maximum atomic E-state index is 8.24. The van der Waals surface area contributed by atoms with E-state index >= 15 is 0 Å². The second-order valence-corrected chi connectivity index (χ2v) is 10.3. The highest BCUT2D eigenvalue weighted by molar-refractivity contribution is 6.12. The first-order valence-corrected chi connectivity index (χ1v) is 13.8. The van der Waals surface area contributed by atoms with Gasteiger partial charge in [-0.15, -0.1) is 0 Å². The Balaban J connectivity index is 1.55. The third-order valence-corrected chi connectivity index (χ3v) is 8.17.